The Morgan fingerprint density at radius 3 is 2.58 bits per heavy atom. The molecule has 0 aliphatic carbocycles. The third-order valence-corrected chi connectivity index (χ3v) is 5.14. The van der Waals surface area contributed by atoms with Gasteiger partial charge in [0.1, 0.15) is 17.7 Å². The Morgan fingerprint density at radius 2 is 1.90 bits per heavy atom. The van der Waals surface area contributed by atoms with Crippen LogP contribution in [0.3, 0.4) is 0 Å². The summed E-state index contributed by atoms with van der Waals surface area (Å²) in [4.78, 5) is 19.0. The van der Waals surface area contributed by atoms with E-state index in [2.05, 4.69) is 20.5 Å². The van der Waals surface area contributed by atoms with Crippen LogP contribution < -0.4 is 5.32 Å². The lowest BCUT2D eigenvalue weighted by molar-refractivity contribution is 0.0935. The number of carbonyl (C=O) groups is 1. The lowest BCUT2D eigenvalue weighted by Crippen LogP contribution is -2.32. The number of aryl methyl sites for hydroxylation is 4. The van der Waals surface area contributed by atoms with Crippen LogP contribution in [0.5, 0.6) is 0 Å². The summed E-state index contributed by atoms with van der Waals surface area (Å²) in [6.07, 6.45) is 3.41. The molecule has 2 aromatic carbocycles. The average Bonchev–Trinajstić information content (AvgIpc) is 3.31. The van der Waals surface area contributed by atoms with Gasteiger partial charge in [-0.05, 0) is 50.1 Å². The van der Waals surface area contributed by atoms with Crippen molar-refractivity contribution >= 4 is 5.91 Å². The summed E-state index contributed by atoms with van der Waals surface area (Å²) in [6.45, 7) is 5.73. The van der Waals surface area contributed by atoms with E-state index >= 15 is 0 Å². The first-order chi connectivity index (χ1) is 14.8. The first-order valence-corrected chi connectivity index (χ1v) is 9.88. The highest BCUT2D eigenvalue weighted by atomic mass is 19.1. The molecule has 158 valence electrons. The molecule has 2 heterocycles. The molecule has 2 aromatic heterocycles. The molecule has 1 amide bonds. The summed E-state index contributed by atoms with van der Waals surface area (Å²) in [6, 6.07) is 11.4. The number of aromatic nitrogens is 5. The minimum absolute atomic E-state index is 0.204. The second-order valence-corrected chi connectivity index (χ2v) is 7.57. The number of amides is 1. The van der Waals surface area contributed by atoms with Gasteiger partial charge in [-0.15, -0.1) is 5.10 Å². The van der Waals surface area contributed by atoms with E-state index in [1.807, 2.05) is 39.1 Å². The maximum absolute atomic E-state index is 13.9. The van der Waals surface area contributed by atoms with Crippen LogP contribution in [0.2, 0.25) is 0 Å². The number of imidazole rings is 1. The van der Waals surface area contributed by atoms with Crippen LogP contribution in [0.25, 0.3) is 5.69 Å². The molecule has 0 unspecified atom stereocenters. The largest absolute Gasteiger partial charge is 0.337 e. The molecule has 0 bridgehead atoms. The van der Waals surface area contributed by atoms with Crippen molar-refractivity contribution in [3.8, 4) is 5.69 Å². The van der Waals surface area contributed by atoms with Crippen molar-refractivity contribution in [2.75, 3.05) is 0 Å². The number of hydrogen-bond donors (Lipinski definition) is 1. The molecule has 4 rings (SSSR count). The minimum Gasteiger partial charge on any atom is -0.337 e. The number of nitrogens with one attached hydrogen (secondary N) is 1. The van der Waals surface area contributed by atoms with Crippen LogP contribution in [-0.2, 0) is 7.05 Å². The normalized spacial score (nSPS) is 12.0. The molecule has 4 aromatic rings. The number of nitrogens with zero attached hydrogens (tertiary/aromatic N) is 5. The van der Waals surface area contributed by atoms with Crippen LogP contribution in [0.1, 0.15) is 44.7 Å². The fourth-order valence-corrected chi connectivity index (χ4v) is 3.56. The van der Waals surface area contributed by atoms with E-state index in [0.717, 1.165) is 16.8 Å². The molecule has 0 radical (unpaired) electrons. The molecular weight excluding hydrogens is 395 g/mol. The highest BCUT2D eigenvalue weighted by Gasteiger charge is 2.25. The van der Waals surface area contributed by atoms with Gasteiger partial charge in [0.25, 0.3) is 5.91 Å². The second kappa shape index (κ2) is 8.14. The van der Waals surface area contributed by atoms with Crippen LogP contribution in [0.4, 0.5) is 4.39 Å². The first-order valence-electron chi connectivity index (χ1n) is 9.88. The first kappa shape index (κ1) is 20.5. The van der Waals surface area contributed by atoms with Crippen molar-refractivity contribution in [2.24, 2.45) is 7.05 Å². The van der Waals surface area contributed by atoms with Gasteiger partial charge in [0, 0.05) is 19.4 Å². The van der Waals surface area contributed by atoms with Gasteiger partial charge in [-0.1, -0.05) is 29.8 Å². The molecule has 31 heavy (non-hydrogen) atoms. The Hall–Kier alpha value is -3.81. The average molecular weight is 418 g/mol. The van der Waals surface area contributed by atoms with Crippen LogP contribution >= 0.6 is 0 Å². The topological polar surface area (TPSA) is 77.6 Å². The van der Waals surface area contributed by atoms with Gasteiger partial charge in [-0.3, -0.25) is 4.79 Å². The van der Waals surface area contributed by atoms with Gasteiger partial charge < -0.3 is 9.88 Å². The third-order valence-electron chi connectivity index (χ3n) is 5.14. The fourth-order valence-electron chi connectivity index (χ4n) is 3.56. The van der Waals surface area contributed by atoms with Crippen molar-refractivity contribution < 1.29 is 9.18 Å². The minimum atomic E-state index is -0.645. The van der Waals surface area contributed by atoms with Crippen LogP contribution in [0, 0.1) is 26.6 Å². The Bertz CT molecular complexity index is 1260. The Morgan fingerprint density at radius 1 is 1.10 bits per heavy atom. The van der Waals surface area contributed by atoms with Crippen LogP contribution in [-0.4, -0.2) is 30.5 Å². The fraction of sp³-hybridized carbons (Fsp3) is 0.217. The number of benzene rings is 2. The number of carbonyl (C=O) groups excluding carboxylic acids is 1. The maximum atomic E-state index is 13.9. The second-order valence-electron chi connectivity index (χ2n) is 7.57. The quantitative estimate of drug-likeness (QED) is 0.537. The highest BCUT2D eigenvalue weighted by Crippen LogP contribution is 2.22. The Labute approximate surface area is 179 Å². The zero-order valence-corrected chi connectivity index (χ0v) is 17.8. The zero-order chi connectivity index (χ0) is 22.1. The lowest BCUT2D eigenvalue weighted by Gasteiger charge is -2.18. The van der Waals surface area contributed by atoms with Crippen LogP contribution in [0.15, 0.2) is 54.9 Å². The van der Waals surface area contributed by atoms with Gasteiger partial charge in [0.05, 0.1) is 11.4 Å². The van der Waals surface area contributed by atoms with E-state index in [-0.39, 0.29) is 11.5 Å². The summed E-state index contributed by atoms with van der Waals surface area (Å²) in [5.41, 5.74) is 4.23. The van der Waals surface area contributed by atoms with E-state index in [4.69, 9.17) is 0 Å². The van der Waals surface area contributed by atoms with Crippen molar-refractivity contribution in [1.82, 2.24) is 29.9 Å². The third kappa shape index (κ3) is 4.09. The Kier molecular flexibility index (Phi) is 5.37. The van der Waals surface area contributed by atoms with E-state index in [9.17, 15) is 9.18 Å². The molecule has 0 fully saturated rings. The van der Waals surface area contributed by atoms with Gasteiger partial charge in [0.2, 0.25) is 0 Å². The van der Waals surface area contributed by atoms with Crippen molar-refractivity contribution in [3.63, 3.8) is 0 Å². The number of rotatable bonds is 5. The molecule has 0 spiro atoms. The molecule has 1 atom stereocenters. The van der Waals surface area contributed by atoms with Gasteiger partial charge in [-0.25, -0.2) is 9.37 Å². The standard InChI is InChI=1S/C23H23FN6O/c1-14-8-9-19(15(2)12-14)30-27-16(3)20(28-30)23(31)26-21(22-25-10-11-29(22)4)17-6-5-7-18(24)13-17/h5-13,21H,1-4H3,(H,26,31)/t21-/m1/s1. The molecule has 0 saturated carbocycles. The van der Waals surface area contributed by atoms with E-state index in [1.165, 1.54) is 16.9 Å². The monoisotopic (exact) mass is 418 g/mol. The highest BCUT2D eigenvalue weighted by molar-refractivity contribution is 5.93. The Balaban J connectivity index is 1.68. The maximum Gasteiger partial charge on any atom is 0.274 e. The van der Waals surface area contributed by atoms with Gasteiger partial charge in [0.15, 0.2) is 5.69 Å². The van der Waals surface area contributed by atoms with E-state index in [0.29, 0.717) is 17.1 Å². The summed E-state index contributed by atoms with van der Waals surface area (Å²) in [5.74, 6) is -0.216. The number of hydrogen-bond acceptors (Lipinski definition) is 4. The number of halogens is 1. The van der Waals surface area contributed by atoms with Gasteiger partial charge in [-0.2, -0.15) is 9.90 Å². The lowest BCUT2D eigenvalue weighted by atomic mass is 10.1. The molecule has 0 aliphatic heterocycles. The van der Waals surface area contributed by atoms with Crippen molar-refractivity contribution in [1.29, 1.82) is 0 Å². The SMILES string of the molecule is Cc1ccc(-n2nc(C)c(C(=O)N[C@H](c3cccc(F)c3)c3nccn3C)n2)c(C)c1. The molecule has 0 aliphatic rings. The smallest absolute Gasteiger partial charge is 0.274 e. The predicted molar refractivity (Wildman–Crippen MR) is 114 cm³/mol. The molecule has 0 saturated heterocycles. The van der Waals surface area contributed by atoms with E-state index < -0.39 is 11.9 Å². The predicted octanol–water partition coefficient (Wildman–Crippen LogP) is 3.58. The van der Waals surface area contributed by atoms with Crippen molar-refractivity contribution in [2.45, 2.75) is 26.8 Å². The molecule has 8 heteroatoms. The van der Waals surface area contributed by atoms with E-state index in [1.54, 1.807) is 36.0 Å². The van der Waals surface area contributed by atoms with Gasteiger partial charge >= 0.3 is 0 Å². The molecular formula is C23H23FN6O. The zero-order valence-electron chi connectivity index (χ0n) is 17.8. The van der Waals surface area contributed by atoms with Crippen molar-refractivity contribution in [3.05, 3.63) is 94.6 Å². The molecule has 7 nitrogen and oxygen atoms in total. The summed E-state index contributed by atoms with van der Waals surface area (Å²) in [5, 5.41) is 11.8. The summed E-state index contributed by atoms with van der Waals surface area (Å²) < 4.78 is 15.7. The summed E-state index contributed by atoms with van der Waals surface area (Å²) in [7, 11) is 1.82. The molecule has 1 N–H and O–H groups in total. The summed E-state index contributed by atoms with van der Waals surface area (Å²) >= 11 is 0.